The Morgan fingerprint density at radius 3 is 2.92 bits per heavy atom. The van der Waals surface area contributed by atoms with Gasteiger partial charge in [0.15, 0.2) is 0 Å². The van der Waals surface area contributed by atoms with Crippen molar-refractivity contribution in [2.24, 2.45) is 0 Å². The monoisotopic (exact) mass is 194 g/mol. The highest BCUT2D eigenvalue weighted by Gasteiger charge is 2.11. The lowest BCUT2D eigenvalue weighted by Gasteiger charge is -2.18. The second-order valence-corrected chi connectivity index (χ2v) is 5.45. The van der Waals surface area contributed by atoms with Crippen molar-refractivity contribution < 1.29 is 0 Å². The molecule has 62 valence electrons. The second kappa shape index (κ2) is 4.17. The Morgan fingerprint density at radius 2 is 2.25 bits per heavy atom. The van der Waals surface area contributed by atoms with Crippen LogP contribution in [0.4, 0.5) is 0 Å². The van der Waals surface area contributed by atoms with Crippen molar-refractivity contribution in [3.63, 3.8) is 0 Å². The summed E-state index contributed by atoms with van der Waals surface area (Å²) >= 11 is 0. The highest BCUT2D eigenvalue weighted by atomic mass is 31.1. The summed E-state index contributed by atoms with van der Waals surface area (Å²) < 4.78 is 0. The van der Waals surface area contributed by atoms with Gasteiger partial charge >= 0.3 is 0 Å². The van der Waals surface area contributed by atoms with Crippen molar-refractivity contribution in [2.75, 3.05) is 6.16 Å². The normalized spacial score (nSPS) is 31.3. The summed E-state index contributed by atoms with van der Waals surface area (Å²) in [4.78, 5) is 0. The molecule has 0 aromatic rings. The lowest BCUT2D eigenvalue weighted by Crippen LogP contribution is -1.99. The SMILES string of the molecule is C1=CCPC(C2C=CC=CP2)=C1. The maximum absolute atomic E-state index is 2.33. The highest BCUT2D eigenvalue weighted by Crippen LogP contribution is 2.40. The van der Waals surface area contributed by atoms with Crippen LogP contribution in [0.2, 0.25) is 0 Å². The van der Waals surface area contributed by atoms with Gasteiger partial charge in [0.1, 0.15) is 0 Å². The third-order valence-electron chi connectivity index (χ3n) is 1.96. The zero-order valence-electron chi connectivity index (χ0n) is 6.83. The van der Waals surface area contributed by atoms with Crippen LogP contribution < -0.4 is 0 Å². The molecule has 0 bridgehead atoms. The van der Waals surface area contributed by atoms with E-state index in [1.54, 1.807) is 5.31 Å². The van der Waals surface area contributed by atoms with Gasteiger partial charge in [0, 0.05) is 5.66 Å². The fourth-order valence-corrected chi connectivity index (χ4v) is 3.83. The van der Waals surface area contributed by atoms with E-state index in [-0.39, 0.29) is 0 Å². The van der Waals surface area contributed by atoms with Gasteiger partial charge in [0.05, 0.1) is 0 Å². The molecule has 0 nitrogen and oxygen atoms in total. The molecule has 2 heteroatoms. The van der Waals surface area contributed by atoms with Crippen LogP contribution in [0.3, 0.4) is 0 Å². The van der Waals surface area contributed by atoms with E-state index < -0.39 is 0 Å². The summed E-state index contributed by atoms with van der Waals surface area (Å²) in [5.74, 6) is 2.29. The largest absolute Gasteiger partial charge is 0.0899 e. The Hall–Kier alpha value is -0.180. The number of hydrogen-bond acceptors (Lipinski definition) is 0. The van der Waals surface area contributed by atoms with E-state index in [9.17, 15) is 0 Å². The third-order valence-corrected chi connectivity index (χ3v) is 4.82. The Labute approximate surface area is 77.1 Å². The van der Waals surface area contributed by atoms with Crippen molar-refractivity contribution in [3.05, 3.63) is 47.6 Å². The van der Waals surface area contributed by atoms with Gasteiger partial charge in [0.25, 0.3) is 0 Å². The molecule has 2 aliphatic rings. The molecule has 3 atom stereocenters. The molecule has 0 radical (unpaired) electrons. The van der Waals surface area contributed by atoms with Crippen molar-refractivity contribution in [1.29, 1.82) is 0 Å². The van der Waals surface area contributed by atoms with Crippen molar-refractivity contribution in [1.82, 2.24) is 0 Å². The fourth-order valence-electron chi connectivity index (χ4n) is 1.33. The van der Waals surface area contributed by atoms with Crippen LogP contribution in [0.1, 0.15) is 0 Å². The van der Waals surface area contributed by atoms with E-state index in [2.05, 4.69) is 42.3 Å². The third kappa shape index (κ3) is 1.94. The molecule has 2 heterocycles. The van der Waals surface area contributed by atoms with Crippen LogP contribution in [0, 0.1) is 0 Å². The van der Waals surface area contributed by atoms with Gasteiger partial charge in [-0.2, -0.15) is 0 Å². The van der Waals surface area contributed by atoms with Crippen LogP contribution >= 0.6 is 17.2 Å². The van der Waals surface area contributed by atoms with Crippen molar-refractivity contribution in [3.8, 4) is 0 Å². The van der Waals surface area contributed by atoms with Gasteiger partial charge in [-0.3, -0.25) is 0 Å². The first-order valence-electron chi connectivity index (χ1n) is 4.17. The Kier molecular flexibility index (Phi) is 2.93. The minimum absolute atomic E-state index is 0.721. The van der Waals surface area contributed by atoms with Gasteiger partial charge < -0.3 is 0 Å². The number of allylic oxidation sites excluding steroid dienone is 7. The molecule has 12 heavy (non-hydrogen) atoms. The van der Waals surface area contributed by atoms with Crippen LogP contribution in [0.25, 0.3) is 0 Å². The van der Waals surface area contributed by atoms with Crippen LogP contribution in [0.15, 0.2) is 47.6 Å². The van der Waals surface area contributed by atoms with Gasteiger partial charge in [-0.25, -0.2) is 0 Å². The summed E-state index contributed by atoms with van der Waals surface area (Å²) in [7, 11) is 1.98. The van der Waals surface area contributed by atoms with Gasteiger partial charge in [-0.1, -0.05) is 59.4 Å². The molecule has 0 fully saturated rings. The summed E-state index contributed by atoms with van der Waals surface area (Å²) in [6, 6.07) is 0. The highest BCUT2D eigenvalue weighted by molar-refractivity contribution is 7.48. The zero-order chi connectivity index (χ0) is 8.23. The first-order valence-corrected chi connectivity index (χ1v) is 6.53. The Balaban J connectivity index is 2.09. The average molecular weight is 194 g/mol. The minimum Gasteiger partial charge on any atom is -0.0899 e. The predicted octanol–water partition coefficient (Wildman–Crippen LogP) is 3.25. The lowest BCUT2D eigenvalue weighted by molar-refractivity contribution is 1.35. The second-order valence-electron chi connectivity index (χ2n) is 2.82. The van der Waals surface area contributed by atoms with Gasteiger partial charge in [0.2, 0.25) is 0 Å². The van der Waals surface area contributed by atoms with Crippen molar-refractivity contribution >= 4 is 17.2 Å². The molecular weight excluding hydrogens is 182 g/mol. The molecule has 0 aromatic heterocycles. The van der Waals surface area contributed by atoms with E-state index in [1.807, 2.05) is 0 Å². The summed E-state index contributed by atoms with van der Waals surface area (Å²) in [5.41, 5.74) is 0.721. The lowest BCUT2D eigenvalue weighted by atomic mass is 10.3. The topological polar surface area (TPSA) is 0 Å². The molecule has 0 aromatic carbocycles. The van der Waals surface area contributed by atoms with E-state index in [4.69, 9.17) is 0 Å². The maximum Gasteiger partial charge on any atom is 0.0233 e. The fraction of sp³-hybridized carbons (Fsp3) is 0.200. The Bertz CT molecular complexity index is 272. The molecule has 2 rings (SSSR count). The Morgan fingerprint density at radius 1 is 1.25 bits per heavy atom. The average Bonchev–Trinajstić information content (AvgIpc) is 2.21. The van der Waals surface area contributed by atoms with Crippen LogP contribution in [-0.4, -0.2) is 11.8 Å². The first-order chi connectivity index (χ1) is 5.97. The number of hydrogen-bond donors (Lipinski definition) is 0. The molecule has 0 saturated heterocycles. The molecule has 0 aliphatic carbocycles. The molecule has 0 N–H and O–H groups in total. The standard InChI is InChI=1S/C10H12P2/c1-3-7-11-9(5-1)10-6-2-4-8-12-10/h1-7,9,11-12H,8H2. The zero-order valence-corrected chi connectivity index (χ0v) is 8.83. The van der Waals surface area contributed by atoms with E-state index in [1.165, 1.54) is 6.16 Å². The van der Waals surface area contributed by atoms with Crippen molar-refractivity contribution in [2.45, 2.75) is 5.66 Å². The van der Waals surface area contributed by atoms with Gasteiger partial charge in [-0.05, 0) is 11.5 Å². The van der Waals surface area contributed by atoms with E-state index >= 15 is 0 Å². The minimum atomic E-state index is 0.721. The number of rotatable bonds is 1. The predicted molar refractivity (Wildman–Crippen MR) is 60.8 cm³/mol. The van der Waals surface area contributed by atoms with Crippen LogP contribution in [0.5, 0.6) is 0 Å². The molecule has 0 saturated carbocycles. The summed E-state index contributed by atoms with van der Waals surface area (Å²) in [6.45, 7) is 0. The van der Waals surface area contributed by atoms with Crippen LogP contribution in [-0.2, 0) is 0 Å². The molecule has 0 amide bonds. The van der Waals surface area contributed by atoms with E-state index in [0.29, 0.717) is 0 Å². The molecular formula is C10H12P2. The molecule has 0 spiro atoms. The van der Waals surface area contributed by atoms with E-state index in [0.717, 1.165) is 22.8 Å². The van der Waals surface area contributed by atoms with Gasteiger partial charge in [-0.15, -0.1) is 0 Å². The first kappa shape index (κ1) is 8.42. The maximum atomic E-state index is 2.33. The summed E-state index contributed by atoms with van der Waals surface area (Å²) in [6.07, 6.45) is 14.7. The summed E-state index contributed by atoms with van der Waals surface area (Å²) in [5, 5.41) is 1.64. The molecule has 3 unspecified atom stereocenters. The molecule has 2 aliphatic heterocycles. The quantitative estimate of drug-likeness (QED) is 0.562. The smallest absolute Gasteiger partial charge is 0.0233 e.